The smallest absolute Gasteiger partial charge is 0.270 e. The second-order valence-electron chi connectivity index (χ2n) is 4.89. The Kier molecular flexibility index (Phi) is 5.04. The number of benzene rings is 1. The highest BCUT2D eigenvalue weighted by Crippen LogP contribution is 2.15. The van der Waals surface area contributed by atoms with Crippen molar-refractivity contribution in [1.29, 1.82) is 5.26 Å². The highest BCUT2D eigenvalue weighted by Gasteiger charge is 2.11. The van der Waals surface area contributed by atoms with Gasteiger partial charge >= 0.3 is 0 Å². The number of rotatable bonds is 5. The van der Waals surface area contributed by atoms with E-state index >= 15 is 0 Å². The summed E-state index contributed by atoms with van der Waals surface area (Å²) in [7, 11) is 0. The molecule has 1 unspecified atom stereocenters. The first-order valence-electron chi connectivity index (χ1n) is 7.02. The van der Waals surface area contributed by atoms with Gasteiger partial charge in [-0.15, -0.1) is 0 Å². The molecule has 1 atom stereocenters. The van der Waals surface area contributed by atoms with Crippen LogP contribution in [0.15, 0.2) is 36.7 Å². The van der Waals surface area contributed by atoms with E-state index in [1.54, 1.807) is 30.3 Å². The molecule has 1 amide bonds. The van der Waals surface area contributed by atoms with Crippen molar-refractivity contribution in [2.45, 2.75) is 26.3 Å². The van der Waals surface area contributed by atoms with Gasteiger partial charge in [-0.05, 0) is 37.6 Å². The van der Waals surface area contributed by atoms with Crippen LogP contribution in [-0.2, 0) is 0 Å². The molecule has 0 radical (unpaired) electrons. The molecule has 6 heteroatoms. The van der Waals surface area contributed by atoms with Crippen LogP contribution in [0.4, 0.5) is 11.5 Å². The number of amides is 1. The monoisotopic (exact) mass is 295 g/mol. The highest BCUT2D eigenvalue weighted by atomic mass is 16.1. The number of nitrogens with one attached hydrogen (secondary N) is 2. The summed E-state index contributed by atoms with van der Waals surface area (Å²) in [6.45, 7) is 3.94. The number of hydrogen-bond donors (Lipinski definition) is 2. The molecule has 2 rings (SSSR count). The standard InChI is InChI=1S/C16H17N5O/c1-3-11(2)20-16(22)14-8-15(19-10-18-14)21-13-6-4-12(9-17)5-7-13/h4-8,10-11H,3H2,1-2H3,(H,20,22)(H,18,19,21). The molecule has 0 aliphatic carbocycles. The van der Waals surface area contributed by atoms with Crippen molar-refractivity contribution >= 4 is 17.4 Å². The third kappa shape index (κ3) is 4.03. The van der Waals surface area contributed by atoms with Crippen LogP contribution in [0.2, 0.25) is 0 Å². The summed E-state index contributed by atoms with van der Waals surface area (Å²) in [5.74, 6) is 0.300. The molecular weight excluding hydrogens is 278 g/mol. The van der Waals surface area contributed by atoms with Crippen molar-refractivity contribution in [3.63, 3.8) is 0 Å². The Hall–Kier alpha value is -2.94. The van der Waals surface area contributed by atoms with Gasteiger partial charge in [0.2, 0.25) is 0 Å². The molecule has 6 nitrogen and oxygen atoms in total. The van der Waals surface area contributed by atoms with Crippen LogP contribution in [-0.4, -0.2) is 21.9 Å². The fourth-order valence-electron chi connectivity index (χ4n) is 1.73. The Labute approximate surface area is 129 Å². The Balaban J connectivity index is 2.10. The van der Waals surface area contributed by atoms with Gasteiger partial charge in [-0.3, -0.25) is 4.79 Å². The van der Waals surface area contributed by atoms with Crippen LogP contribution < -0.4 is 10.6 Å². The average Bonchev–Trinajstić information content (AvgIpc) is 2.55. The van der Waals surface area contributed by atoms with Gasteiger partial charge < -0.3 is 10.6 Å². The molecule has 2 aromatic rings. The van der Waals surface area contributed by atoms with E-state index in [1.807, 2.05) is 13.8 Å². The Morgan fingerprint density at radius 3 is 2.68 bits per heavy atom. The lowest BCUT2D eigenvalue weighted by Crippen LogP contribution is -2.32. The van der Waals surface area contributed by atoms with Crippen molar-refractivity contribution in [3.8, 4) is 6.07 Å². The zero-order valence-corrected chi connectivity index (χ0v) is 12.5. The number of carbonyl (C=O) groups excluding carboxylic acids is 1. The van der Waals surface area contributed by atoms with E-state index in [4.69, 9.17) is 5.26 Å². The second kappa shape index (κ2) is 7.18. The van der Waals surface area contributed by atoms with Crippen molar-refractivity contribution < 1.29 is 4.79 Å². The van der Waals surface area contributed by atoms with Gasteiger partial charge in [-0.2, -0.15) is 5.26 Å². The number of carbonyl (C=O) groups is 1. The molecule has 0 saturated carbocycles. The van der Waals surface area contributed by atoms with Gasteiger partial charge in [0.25, 0.3) is 5.91 Å². The molecule has 0 spiro atoms. The Morgan fingerprint density at radius 2 is 2.05 bits per heavy atom. The maximum atomic E-state index is 12.0. The first kappa shape index (κ1) is 15.4. The summed E-state index contributed by atoms with van der Waals surface area (Å²) < 4.78 is 0. The first-order valence-corrected chi connectivity index (χ1v) is 7.02. The Morgan fingerprint density at radius 1 is 1.32 bits per heavy atom. The maximum Gasteiger partial charge on any atom is 0.270 e. The molecule has 1 aromatic heterocycles. The molecule has 0 bridgehead atoms. The van der Waals surface area contributed by atoms with Crippen LogP contribution >= 0.6 is 0 Å². The van der Waals surface area contributed by atoms with E-state index in [0.717, 1.165) is 12.1 Å². The van der Waals surface area contributed by atoms with Gasteiger partial charge in [0.05, 0.1) is 11.6 Å². The molecule has 0 fully saturated rings. The van der Waals surface area contributed by atoms with Crippen LogP contribution in [0.3, 0.4) is 0 Å². The lowest BCUT2D eigenvalue weighted by Gasteiger charge is -2.11. The van der Waals surface area contributed by atoms with Gasteiger partial charge in [-0.25, -0.2) is 9.97 Å². The molecule has 112 valence electrons. The van der Waals surface area contributed by atoms with Crippen LogP contribution in [0.1, 0.15) is 36.3 Å². The molecule has 1 heterocycles. The van der Waals surface area contributed by atoms with Gasteiger partial charge in [0, 0.05) is 17.8 Å². The molecule has 22 heavy (non-hydrogen) atoms. The lowest BCUT2D eigenvalue weighted by molar-refractivity contribution is 0.0934. The van der Waals surface area contributed by atoms with Crippen molar-refractivity contribution in [3.05, 3.63) is 47.9 Å². The summed E-state index contributed by atoms with van der Waals surface area (Å²) in [6.07, 6.45) is 2.20. The van der Waals surface area contributed by atoms with Crippen molar-refractivity contribution in [2.75, 3.05) is 5.32 Å². The fourth-order valence-corrected chi connectivity index (χ4v) is 1.73. The molecular formula is C16H17N5O. The van der Waals surface area contributed by atoms with Crippen LogP contribution in [0, 0.1) is 11.3 Å². The van der Waals surface area contributed by atoms with Gasteiger partial charge in [-0.1, -0.05) is 6.92 Å². The number of nitriles is 1. The summed E-state index contributed by atoms with van der Waals surface area (Å²) in [6, 6.07) is 10.7. The first-order chi connectivity index (χ1) is 10.6. The predicted octanol–water partition coefficient (Wildman–Crippen LogP) is 2.62. The second-order valence-corrected chi connectivity index (χ2v) is 4.89. The van der Waals surface area contributed by atoms with Crippen molar-refractivity contribution in [2.24, 2.45) is 0 Å². The van der Waals surface area contributed by atoms with E-state index in [1.165, 1.54) is 6.33 Å². The molecule has 0 aliphatic rings. The molecule has 2 N–H and O–H groups in total. The van der Waals surface area contributed by atoms with E-state index in [9.17, 15) is 4.79 Å². The molecule has 1 aromatic carbocycles. The van der Waals surface area contributed by atoms with E-state index in [2.05, 4.69) is 26.7 Å². The van der Waals surface area contributed by atoms with Crippen molar-refractivity contribution in [1.82, 2.24) is 15.3 Å². The lowest BCUT2D eigenvalue weighted by atomic mass is 10.2. The zero-order chi connectivity index (χ0) is 15.9. The average molecular weight is 295 g/mol. The summed E-state index contributed by atoms with van der Waals surface area (Å²) in [5, 5.41) is 14.7. The summed E-state index contributed by atoms with van der Waals surface area (Å²) >= 11 is 0. The third-order valence-electron chi connectivity index (χ3n) is 3.18. The van der Waals surface area contributed by atoms with Crippen LogP contribution in [0.25, 0.3) is 0 Å². The number of hydrogen-bond acceptors (Lipinski definition) is 5. The SMILES string of the molecule is CCC(C)NC(=O)c1cc(Nc2ccc(C#N)cc2)ncn1. The highest BCUT2D eigenvalue weighted by molar-refractivity contribution is 5.93. The quantitative estimate of drug-likeness (QED) is 0.884. The number of anilines is 2. The van der Waals surface area contributed by atoms with E-state index in [-0.39, 0.29) is 11.9 Å². The fraction of sp³-hybridized carbons (Fsp3) is 0.250. The minimum atomic E-state index is -0.223. The third-order valence-corrected chi connectivity index (χ3v) is 3.18. The topological polar surface area (TPSA) is 90.7 Å². The normalized spacial score (nSPS) is 11.3. The minimum absolute atomic E-state index is 0.0948. The van der Waals surface area contributed by atoms with E-state index in [0.29, 0.717) is 17.1 Å². The molecule has 0 aliphatic heterocycles. The zero-order valence-electron chi connectivity index (χ0n) is 12.5. The summed E-state index contributed by atoms with van der Waals surface area (Å²) in [5.41, 5.74) is 1.68. The van der Waals surface area contributed by atoms with Gasteiger partial charge in [0.1, 0.15) is 17.8 Å². The van der Waals surface area contributed by atoms with Crippen LogP contribution in [0.5, 0.6) is 0 Å². The maximum absolute atomic E-state index is 12.0. The Bertz CT molecular complexity index is 690. The number of nitrogens with zero attached hydrogens (tertiary/aromatic N) is 3. The minimum Gasteiger partial charge on any atom is -0.348 e. The predicted molar refractivity (Wildman–Crippen MR) is 83.7 cm³/mol. The summed E-state index contributed by atoms with van der Waals surface area (Å²) in [4.78, 5) is 20.1. The van der Waals surface area contributed by atoms with E-state index < -0.39 is 0 Å². The largest absolute Gasteiger partial charge is 0.348 e. The number of aromatic nitrogens is 2. The molecule has 0 saturated heterocycles. The van der Waals surface area contributed by atoms with Gasteiger partial charge in [0.15, 0.2) is 0 Å².